The average Bonchev–Trinajstić information content (AvgIpc) is 2.68. The Kier molecular flexibility index (Phi) is 3.50. The fourth-order valence-corrected chi connectivity index (χ4v) is 1.96. The van der Waals surface area contributed by atoms with Gasteiger partial charge in [-0.1, -0.05) is 0 Å². The quantitative estimate of drug-likeness (QED) is 0.791. The third-order valence-electron chi connectivity index (χ3n) is 2.88. The van der Waals surface area contributed by atoms with E-state index < -0.39 is 12.0 Å². The summed E-state index contributed by atoms with van der Waals surface area (Å²) in [5, 5.41) is 18.9. The Bertz CT molecular complexity index is 573. The summed E-state index contributed by atoms with van der Waals surface area (Å²) in [5.41, 5.74) is 2.45. The molecular formula is C13H14FN3O2. The molecule has 1 aromatic carbocycles. The fraction of sp³-hybridized carbons (Fsp3) is 0.231. The molecule has 0 aliphatic carbocycles. The Labute approximate surface area is 109 Å². The molecule has 6 heteroatoms. The summed E-state index contributed by atoms with van der Waals surface area (Å²) in [5.74, 6) is -1.38. The van der Waals surface area contributed by atoms with Crippen LogP contribution < -0.4 is 5.32 Å². The molecule has 0 saturated heterocycles. The van der Waals surface area contributed by atoms with Gasteiger partial charge < -0.3 is 10.4 Å². The van der Waals surface area contributed by atoms with Crippen LogP contribution in [0.5, 0.6) is 0 Å². The number of carboxylic acids is 1. The largest absolute Gasteiger partial charge is 0.479 e. The number of carboxylic acid groups (broad SMARTS) is 1. The van der Waals surface area contributed by atoms with Gasteiger partial charge in [-0.2, -0.15) is 5.10 Å². The SMILES string of the molecule is Cc1n[nH]c(C)c1C(Nc1ccc(F)cc1)C(=O)O. The number of hydrogen-bond acceptors (Lipinski definition) is 3. The highest BCUT2D eigenvalue weighted by Crippen LogP contribution is 2.24. The molecule has 3 N–H and O–H groups in total. The van der Waals surface area contributed by atoms with E-state index in [2.05, 4.69) is 15.5 Å². The zero-order valence-corrected chi connectivity index (χ0v) is 10.6. The molecular weight excluding hydrogens is 249 g/mol. The molecule has 0 amide bonds. The molecule has 0 fully saturated rings. The monoisotopic (exact) mass is 263 g/mol. The molecule has 0 aliphatic heterocycles. The minimum Gasteiger partial charge on any atom is -0.479 e. The first-order valence-corrected chi connectivity index (χ1v) is 5.75. The number of hydrogen-bond donors (Lipinski definition) is 3. The Balaban J connectivity index is 2.32. The topological polar surface area (TPSA) is 78.0 Å². The summed E-state index contributed by atoms with van der Waals surface area (Å²) in [7, 11) is 0. The van der Waals surface area contributed by atoms with E-state index in [4.69, 9.17) is 0 Å². The molecule has 2 aromatic rings. The van der Waals surface area contributed by atoms with Crippen molar-refractivity contribution >= 4 is 11.7 Å². The van der Waals surface area contributed by atoms with E-state index in [-0.39, 0.29) is 5.82 Å². The first kappa shape index (κ1) is 13.1. The second-order valence-corrected chi connectivity index (χ2v) is 4.27. The third kappa shape index (κ3) is 2.73. The van der Waals surface area contributed by atoms with Gasteiger partial charge >= 0.3 is 5.97 Å². The van der Waals surface area contributed by atoms with E-state index >= 15 is 0 Å². The van der Waals surface area contributed by atoms with Crippen molar-refractivity contribution in [2.24, 2.45) is 0 Å². The third-order valence-corrected chi connectivity index (χ3v) is 2.88. The molecule has 1 unspecified atom stereocenters. The second-order valence-electron chi connectivity index (χ2n) is 4.27. The van der Waals surface area contributed by atoms with Crippen molar-refractivity contribution in [2.45, 2.75) is 19.9 Å². The number of nitrogens with one attached hydrogen (secondary N) is 2. The first-order chi connectivity index (χ1) is 8.99. The smallest absolute Gasteiger partial charge is 0.330 e. The van der Waals surface area contributed by atoms with Crippen molar-refractivity contribution < 1.29 is 14.3 Å². The zero-order chi connectivity index (χ0) is 14.0. The van der Waals surface area contributed by atoms with Gasteiger partial charge in [0, 0.05) is 16.9 Å². The van der Waals surface area contributed by atoms with Crippen molar-refractivity contribution in [3.63, 3.8) is 0 Å². The number of aromatic amines is 1. The molecule has 2 rings (SSSR count). The van der Waals surface area contributed by atoms with Gasteiger partial charge in [-0.25, -0.2) is 9.18 Å². The van der Waals surface area contributed by atoms with E-state index in [9.17, 15) is 14.3 Å². The number of aromatic nitrogens is 2. The molecule has 0 bridgehead atoms. The van der Waals surface area contributed by atoms with Crippen LogP contribution in [0.3, 0.4) is 0 Å². The van der Waals surface area contributed by atoms with Gasteiger partial charge in [0.05, 0.1) is 5.69 Å². The Morgan fingerprint density at radius 1 is 1.37 bits per heavy atom. The molecule has 5 nitrogen and oxygen atoms in total. The molecule has 0 aliphatic rings. The lowest BCUT2D eigenvalue weighted by Gasteiger charge is -2.16. The molecule has 1 aromatic heterocycles. The number of carbonyl (C=O) groups is 1. The van der Waals surface area contributed by atoms with Gasteiger partial charge in [0.2, 0.25) is 0 Å². The van der Waals surface area contributed by atoms with Crippen LogP contribution in [0.1, 0.15) is 23.0 Å². The standard InChI is InChI=1S/C13H14FN3O2/c1-7-11(8(2)17-16-7)12(13(18)19)15-10-5-3-9(14)4-6-10/h3-6,12,15H,1-2H3,(H,16,17)(H,18,19). The van der Waals surface area contributed by atoms with Crippen LogP contribution in [0.2, 0.25) is 0 Å². The zero-order valence-electron chi connectivity index (χ0n) is 10.6. The summed E-state index contributed by atoms with van der Waals surface area (Å²) < 4.78 is 12.8. The predicted molar refractivity (Wildman–Crippen MR) is 68.5 cm³/mol. The lowest BCUT2D eigenvalue weighted by molar-refractivity contribution is -0.138. The highest BCUT2D eigenvalue weighted by atomic mass is 19.1. The predicted octanol–water partition coefficient (Wildman–Crippen LogP) is 2.40. The normalized spacial score (nSPS) is 12.2. The van der Waals surface area contributed by atoms with Crippen molar-refractivity contribution in [3.8, 4) is 0 Å². The summed E-state index contributed by atoms with van der Waals surface area (Å²) >= 11 is 0. The van der Waals surface area contributed by atoms with Crippen molar-refractivity contribution in [1.82, 2.24) is 10.2 Å². The molecule has 0 saturated carbocycles. The lowest BCUT2D eigenvalue weighted by atomic mass is 10.0. The van der Waals surface area contributed by atoms with Gasteiger partial charge in [-0.15, -0.1) is 0 Å². The minimum atomic E-state index is -1.02. The van der Waals surface area contributed by atoms with Crippen molar-refractivity contribution in [2.75, 3.05) is 5.32 Å². The Morgan fingerprint density at radius 2 is 2.00 bits per heavy atom. The summed E-state index contributed by atoms with van der Waals surface area (Å²) in [4.78, 5) is 11.4. The first-order valence-electron chi connectivity index (χ1n) is 5.75. The summed E-state index contributed by atoms with van der Waals surface area (Å²) in [6.07, 6.45) is 0. The van der Waals surface area contributed by atoms with Crippen molar-refractivity contribution in [1.29, 1.82) is 0 Å². The number of anilines is 1. The van der Waals surface area contributed by atoms with E-state index in [1.807, 2.05) is 0 Å². The van der Waals surface area contributed by atoms with Crippen LogP contribution in [-0.2, 0) is 4.79 Å². The van der Waals surface area contributed by atoms with Crippen molar-refractivity contribution in [3.05, 3.63) is 47.0 Å². The van der Waals surface area contributed by atoms with Gasteiger partial charge in [-0.3, -0.25) is 5.10 Å². The molecule has 0 spiro atoms. The number of aliphatic carboxylic acids is 1. The van der Waals surface area contributed by atoms with Crippen LogP contribution in [0.4, 0.5) is 10.1 Å². The number of rotatable bonds is 4. The molecule has 1 heterocycles. The Morgan fingerprint density at radius 3 is 2.47 bits per heavy atom. The van der Waals surface area contributed by atoms with Gasteiger partial charge in [-0.05, 0) is 38.1 Å². The molecule has 19 heavy (non-hydrogen) atoms. The van der Waals surface area contributed by atoms with Gasteiger partial charge in [0.25, 0.3) is 0 Å². The van der Waals surface area contributed by atoms with E-state index in [1.165, 1.54) is 24.3 Å². The average molecular weight is 263 g/mol. The number of halogens is 1. The van der Waals surface area contributed by atoms with E-state index in [1.54, 1.807) is 13.8 Å². The van der Waals surface area contributed by atoms with Crippen LogP contribution >= 0.6 is 0 Å². The number of H-pyrrole nitrogens is 1. The fourth-order valence-electron chi connectivity index (χ4n) is 1.96. The number of benzene rings is 1. The highest BCUT2D eigenvalue weighted by molar-refractivity contribution is 5.80. The van der Waals surface area contributed by atoms with Crippen LogP contribution in [0.15, 0.2) is 24.3 Å². The lowest BCUT2D eigenvalue weighted by Crippen LogP contribution is -2.21. The van der Waals surface area contributed by atoms with E-state index in [0.29, 0.717) is 22.6 Å². The maximum absolute atomic E-state index is 12.8. The Hall–Kier alpha value is -2.37. The minimum absolute atomic E-state index is 0.368. The maximum atomic E-state index is 12.8. The second kappa shape index (κ2) is 5.09. The van der Waals surface area contributed by atoms with Crippen LogP contribution in [0, 0.1) is 19.7 Å². The van der Waals surface area contributed by atoms with Crippen LogP contribution in [-0.4, -0.2) is 21.3 Å². The van der Waals surface area contributed by atoms with Gasteiger partial charge in [0.15, 0.2) is 6.04 Å². The molecule has 0 radical (unpaired) electrons. The summed E-state index contributed by atoms with van der Waals surface area (Å²) in [6.45, 7) is 3.50. The molecule has 1 atom stereocenters. The number of aryl methyl sites for hydroxylation is 2. The highest BCUT2D eigenvalue weighted by Gasteiger charge is 2.25. The molecule has 100 valence electrons. The van der Waals surface area contributed by atoms with Gasteiger partial charge in [0.1, 0.15) is 5.82 Å². The maximum Gasteiger partial charge on any atom is 0.330 e. The summed E-state index contributed by atoms with van der Waals surface area (Å²) in [6, 6.07) is 4.61. The number of nitrogens with zero attached hydrogens (tertiary/aromatic N) is 1. The van der Waals surface area contributed by atoms with E-state index in [0.717, 1.165) is 0 Å². The van der Waals surface area contributed by atoms with Crippen LogP contribution in [0.25, 0.3) is 0 Å².